The molecule has 0 aliphatic rings. The van der Waals surface area contributed by atoms with Gasteiger partial charge >= 0.3 is 5.97 Å². The molecule has 21 heavy (non-hydrogen) atoms. The van der Waals surface area contributed by atoms with Crippen molar-refractivity contribution in [3.8, 4) is 0 Å². The second-order valence-electron chi connectivity index (χ2n) is 4.10. The second-order valence-corrected chi connectivity index (χ2v) is 4.10. The maximum Gasteiger partial charge on any atom is 0.326 e. The number of carboxylic acids is 1. The average Bonchev–Trinajstić information content (AvgIpc) is 2.41. The maximum atomic E-state index is 11.7. The first-order valence-electron chi connectivity index (χ1n) is 5.82. The molecule has 11 nitrogen and oxygen atoms in total. The van der Waals surface area contributed by atoms with Gasteiger partial charge in [-0.2, -0.15) is 0 Å². The van der Waals surface area contributed by atoms with E-state index in [-0.39, 0.29) is 0 Å². The number of carboxylic acid groups (broad SMARTS) is 1. The van der Waals surface area contributed by atoms with Crippen LogP contribution in [0.4, 0.5) is 0 Å². The van der Waals surface area contributed by atoms with Crippen molar-refractivity contribution in [1.29, 1.82) is 0 Å². The summed E-state index contributed by atoms with van der Waals surface area (Å²) in [5, 5.41) is 30.5. The number of nitrogens with one attached hydrogen (secondary N) is 2. The lowest BCUT2D eigenvalue weighted by molar-refractivity contribution is -0.144. The molecule has 0 heterocycles. The van der Waals surface area contributed by atoms with E-state index in [1.54, 1.807) is 0 Å². The van der Waals surface area contributed by atoms with E-state index in [0.717, 1.165) is 0 Å². The number of carbonyl (C=O) groups is 4. The number of nitrogens with two attached hydrogens (primary N) is 2. The molecule has 9 N–H and O–H groups in total. The van der Waals surface area contributed by atoms with E-state index in [1.165, 1.54) is 0 Å². The van der Waals surface area contributed by atoms with Gasteiger partial charge in [0.15, 0.2) is 0 Å². The van der Waals surface area contributed by atoms with Crippen molar-refractivity contribution >= 4 is 23.7 Å². The van der Waals surface area contributed by atoms with Gasteiger partial charge in [-0.3, -0.25) is 14.4 Å². The molecule has 3 amide bonds. The summed E-state index contributed by atoms with van der Waals surface area (Å²) in [6, 6.07) is -4.37. The van der Waals surface area contributed by atoms with Crippen LogP contribution in [0.2, 0.25) is 0 Å². The quantitative estimate of drug-likeness (QED) is 0.219. The van der Waals surface area contributed by atoms with Crippen LogP contribution in [0.25, 0.3) is 0 Å². The minimum Gasteiger partial charge on any atom is -0.480 e. The highest BCUT2D eigenvalue weighted by Crippen LogP contribution is 1.94. The van der Waals surface area contributed by atoms with E-state index in [4.69, 9.17) is 26.8 Å². The van der Waals surface area contributed by atoms with Crippen LogP contribution in [0, 0.1) is 0 Å². The van der Waals surface area contributed by atoms with Crippen molar-refractivity contribution < 1.29 is 34.5 Å². The third-order valence-corrected chi connectivity index (χ3v) is 2.37. The van der Waals surface area contributed by atoms with E-state index in [0.29, 0.717) is 0 Å². The van der Waals surface area contributed by atoms with Crippen LogP contribution in [-0.4, -0.2) is 70.3 Å². The van der Waals surface area contributed by atoms with Gasteiger partial charge in [-0.25, -0.2) is 4.79 Å². The predicted molar refractivity (Wildman–Crippen MR) is 67.5 cm³/mol. The lowest BCUT2D eigenvalue weighted by atomic mass is 10.1. The Kier molecular flexibility index (Phi) is 7.89. The van der Waals surface area contributed by atoms with Gasteiger partial charge in [0.25, 0.3) is 0 Å². The number of aliphatic hydroxyl groups is 2. The van der Waals surface area contributed by atoms with E-state index >= 15 is 0 Å². The largest absolute Gasteiger partial charge is 0.480 e. The van der Waals surface area contributed by atoms with Crippen molar-refractivity contribution in [3.05, 3.63) is 0 Å². The predicted octanol–water partition coefficient (Wildman–Crippen LogP) is -4.77. The molecule has 0 aliphatic carbocycles. The van der Waals surface area contributed by atoms with Crippen LogP contribution in [0.5, 0.6) is 0 Å². The molecule has 0 fully saturated rings. The fraction of sp³-hybridized carbons (Fsp3) is 0.600. The number of rotatable bonds is 9. The summed E-state index contributed by atoms with van der Waals surface area (Å²) >= 11 is 0. The smallest absolute Gasteiger partial charge is 0.326 e. The van der Waals surface area contributed by atoms with Crippen molar-refractivity contribution in [2.45, 2.75) is 24.5 Å². The standard InChI is InChI=1S/C10H18N4O7/c11-4(2-15)8(18)14-6(3-16)9(19)13-5(10(20)21)1-7(12)17/h4-6,15-16H,1-3,11H2,(H2,12,17)(H,13,19)(H,14,18)(H,20,21)/t4-,5-,6-/m0/s1. The number of hydrogen-bond acceptors (Lipinski definition) is 7. The number of aliphatic carboxylic acids is 1. The minimum atomic E-state index is -1.59. The van der Waals surface area contributed by atoms with Crippen LogP contribution < -0.4 is 22.1 Å². The van der Waals surface area contributed by atoms with Gasteiger partial charge in [-0.1, -0.05) is 0 Å². The van der Waals surface area contributed by atoms with Crippen LogP contribution in [-0.2, 0) is 19.2 Å². The van der Waals surface area contributed by atoms with Gasteiger partial charge in [0.1, 0.15) is 18.1 Å². The van der Waals surface area contributed by atoms with Gasteiger partial charge in [0.2, 0.25) is 17.7 Å². The molecular weight excluding hydrogens is 288 g/mol. The summed E-state index contributed by atoms with van der Waals surface area (Å²) in [6.07, 6.45) is -0.649. The van der Waals surface area contributed by atoms with Crippen molar-refractivity contribution in [1.82, 2.24) is 10.6 Å². The number of aliphatic hydroxyl groups excluding tert-OH is 2. The molecule has 0 unspecified atom stereocenters. The van der Waals surface area contributed by atoms with Crippen LogP contribution >= 0.6 is 0 Å². The Bertz CT molecular complexity index is 414. The normalized spacial score (nSPS) is 14.6. The molecule has 0 radical (unpaired) electrons. The van der Waals surface area contributed by atoms with Crippen LogP contribution in [0.3, 0.4) is 0 Å². The highest BCUT2D eigenvalue weighted by Gasteiger charge is 2.28. The van der Waals surface area contributed by atoms with Gasteiger partial charge in [-0.15, -0.1) is 0 Å². The Morgan fingerprint density at radius 3 is 1.86 bits per heavy atom. The Balaban J connectivity index is 4.73. The Labute approximate surface area is 119 Å². The summed E-state index contributed by atoms with van der Waals surface area (Å²) in [5.74, 6) is -4.40. The third kappa shape index (κ3) is 6.65. The van der Waals surface area contributed by atoms with Crippen molar-refractivity contribution in [3.63, 3.8) is 0 Å². The number of hydrogen-bond donors (Lipinski definition) is 7. The zero-order valence-electron chi connectivity index (χ0n) is 11.0. The fourth-order valence-corrected chi connectivity index (χ4v) is 1.23. The third-order valence-electron chi connectivity index (χ3n) is 2.37. The van der Waals surface area contributed by atoms with Gasteiger partial charge in [0, 0.05) is 0 Å². The number of amides is 3. The Hall–Kier alpha value is -2.24. The second kappa shape index (κ2) is 8.84. The zero-order valence-corrected chi connectivity index (χ0v) is 11.0. The highest BCUT2D eigenvalue weighted by molar-refractivity contribution is 5.93. The zero-order chi connectivity index (χ0) is 16.6. The summed E-state index contributed by atoms with van der Waals surface area (Å²) in [5.41, 5.74) is 10.0. The van der Waals surface area contributed by atoms with Crippen molar-refractivity contribution in [2.24, 2.45) is 11.5 Å². The molecule has 3 atom stereocenters. The first-order chi connectivity index (χ1) is 9.72. The molecule has 0 spiro atoms. The first-order valence-corrected chi connectivity index (χ1v) is 5.82. The summed E-state index contributed by atoms with van der Waals surface area (Å²) < 4.78 is 0. The Morgan fingerprint density at radius 1 is 0.952 bits per heavy atom. The molecule has 11 heteroatoms. The molecular formula is C10H18N4O7. The molecule has 0 bridgehead atoms. The van der Waals surface area contributed by atoms with Gasteiger partial charge < -0.3 is 37.4 Å². The monoisotopic (exact) mass is 306 g/mol. The number of primary amides is 1. The topological polar surface area (TPSA) is 205 Å². The molecule has 0 aromatic heterocycles. The van der Waals surface area contributed by atoms with E-state index in [2.05, 4.69) is 0 Å². The molecule has 0 saturated carbocycles. The molecule has 0 aromatic carbocycles. The minimum absolute atomic E-state index is 0.649. The summed E-state index contributed by atoms with van der Waals surface area (Å²) in [4.78, 5) is 44.6. The number of carbonyl (C=O) groups excluding carboxylic acids is 3. The summed E-state index contributed by atoms with van der Waals surface area (Å²) in [7, 11) is 0. The average molecular weight is 306 g/mol. The molecule has 0 aliphatic heterocycles. The lowest BCUT2D eigenvalue weighted by Crippen LogP contribution is -2.56. The SMILES string of the molecule is NC(=O)C[C@H](NC(=O)[C@H](CO)NC(=O)[C@@H](N)CO)C(=O)O. The molecule has 0 aromatic rings. The van der Waals surface area contributed by atoms with Crippen molar-refractivity contribution in [2.75, 3.05) is 13.2 Å². The highest BCUT2D eigenvalue weighted by atomic mass is 16.4. The van der Waals surface area contributed by atoms with Gasteiger partial charge in [-0.05, 0) is 0 Å². The molecule has 0 rings (SSSR count). The van der Waals surface area contributed by atoms with Crippen LogP contribution in [0.15, 0.2) is 0 Å². The van der Waals surface area contributed by atoms with E-state index in [9.17, 15) is 19.2 Å². The summed E-state index contributed by atoms with van der Waals surface area (Å²) in [6.45, 7) is -1.51. The van der Waals surface area contributed by atoms with Gasteiger partial charge in [0.05, 0.1) is 19.6 Å². The Morgan fingerprint density at radius 2 is 1.48 bits per heavy atom. The maximum absolute atomic E-state index is 11.7. The van der Waals surface area contributed by atoms with E-state index in [1.807, 2.05) is 10.6 Å². The first kappa shape index (κ1) is 18.8. The van der Waals surface area contributed by atoms with Crippen LogP contribution in [0.1, 0.15) is 6.42 Å². The van der Waals surface area contributed by atoms with E-state index < -0.39 is 61.5 Å². The molecule has 120 valence electrons. The molecule has 0 saturated heterocycles. The fourth-order valence-electron chi connectivity index (χ4n) is 1.23. The lowest BCUT2D eigenvalue weighted by Gasteiger charge is -2.20.